The third-order valence-corrected chi connectivity index (χ3v) is 2.73. The zero-order chi connectivity index (χ0) is 15.8. The number of carbonyl (C=O) groups is 2. The third kappa shape index (κ3) is 5.78. The van der Waals surface area contributed by atoms with Crippen molar-refractivity contribution in [3.05, 3.63) is 23.9 Å². The van der Waals surface area contributed by atoms with E-state index >= 15 is 0 Å². The molecular formula is C14H21N3O4. The number of nitrogens with zero attached hydrogens (tertiary/aromatic N) is 3. The fraction of sp³-hybridized carbons (Fsp3) is 0.500. The van der Waals surface area contributed by atoms with Gasteiger partial charge in [0.2, 0.25) is 0 Å². The molecule has 7 heteroatoms. The van der Waals surface area contributed by atoms with Gasteiger partial charge in [0, 0.05) is 19.3 Å². The Labute approximate surface area is 124 Å². The van der Waals surface area contributed by atoms with Crippen molar-refractivity contribution in [2.24, 2.45) is 0 Å². The van der Waals surface area contributed by atoms with E-state index in [1.54, 1.807) is 24.0 Å². The predicted octanol–water partition coefficient (Wildman–Crippen LogP) is 0.711. The van der Waals surface area contributed by atoms with Crippen molar-refractivity contribution in [2.75, 3.05) is 45.2 Å². The number of hydrogen-bond donors (Lipinski definition) is 1. The van der Waals surface area contributed by atoms with Crippen LogP contribution in [0.4, 0.5) is 5.82 Å². The predicted molar refractivity (Wildman–Crippen MR) is 78.6 cm³/mol. The first kappa shape index (κ1) is 16.9. The summed E-state index contributed by atoms with van der Waals surface area (Å²) in [5, 5.41) is 8.97. The van der Waals surface area contributed by atoms with Crippen molar-refractivity contribution in [1.29, 1.82) is 0 Å². The second-order valence-corrected chi connectivity index (χ2v) is 4.74. The van der Waals surface area contributed by atoms with Crippen LogP contribution in [-0.4, -0.2) is 67.3 Å². The first-order valence-electron chi connectivity index (χ1n) is 6.68. The number of carbonyl (C=O) groups excluding carboxylic acids is 1. The summed E-state index contributed by atoms with van der Waals surface area (Å²) in [6.07, 6.45) is 1.40. The smallest absolute Gasteiger partial charge is 0.339 e. The highest BCUT2D eigenvalue weighted by molar-refractivity contribution is 5.89. The van der Waals surface area contributed by atoms with Crippen molar-refractivity contribution in [2.45, 2.75) is 6.92 Å². The lowest BCUT2D eigenvalue weighted by molar-refractivity contribution is -0.135. The lowest BCUT2D eigenvalue weighted by Gasteiger charge is -2.23. The Morgan fingerprint density at radius 3 is 2.48 bits per heavy atom. The van der Waals surface area contributed by atoms with Crippen LogP contribution >= 0.6 is 0 Å². The molecule has 0 spiro atoms. The number of rotatable bonds is 8. The molecule has 0 saturated carbocycles. The van der Waals surface area contributed by atoms with Gasteiger partial charge in [-0.3, -0.25) is 4.79 Å². The van der Waals surface area contributed by atoms with Gasteiger partial charge in [-0.15, -0.1) is 0 Å². The minimum atomic E-state index is -0.926. The molecule has 0 unspecified atom stereocenters. The summed E-state index contributed by atoms with van der Waals surface area (Å²) in [6.45, 7) is 3.13. The van der Waals surface area contributed by atoms with Crippen molar-refractivity contribution >= 4 is 17.8 Å². The third-order valence-electron chi connectivity index (χ3n) is 2.73. The molecule has 0 aliphatic heterocycles. The van der Waals surface area contributed by atoms with Gasteiger partial charge in [-0.25, -0.2) is 9.78 Å². The Morgan fingerprint density at radius 2 is 2.00 bits per heavy atom. The van der Waals surface area contributed by atoms with Crippen LogP contribution in [0.5, 0.6) is 0 Å². The fourth-order valence-electron chi connectivity index (χ4n) is 1.67. The van der Waals surface area contributed by atoms with E-state index in [2.05, 4.69) is 4.98 Å². The van der Waals surface area contributed by atoms with Gasteiger partial charge in [-0.2, -0.15) is 0 Å². The topological polar surface area (TPSA) is 83.0 Å². The molecule has 0 bridgehead atoms. The van der Waals surface area contributed by atoms with E-state index in [9.17, 15) is 9.59 Å². The van der Waals surface area contributed by atoms with E-state index in [0.29, 0.717) is 31.1 Å². The molecule has 116 valence electrons. The molecule has 21 heavy (non-hydrogen) atoms. The second-order valence-electron chi connectivity index (χ2n) is 4.74. The molecule has 7 nitrogen and oxygen atoms in total. The first-order chi connectivity index (χ1) is 9.93. The van der Waals surface area contributed by atoms with Crippen LogP contribution in [0.15, 0.2) is 18.3 Å². The second kappa shape index (κ2) is 8.21. The molecular weight excluding hydrogens is 274 g/mol. The molecule has 0 atom stereocenters. The minimum absolute atomic E-state index is 0.139. The maximum atomic E-state index is 11.5. The maximum absolute atomic E-state index is 11.5. The Kier molecular flexibility index (Phi) is 6.61. The molecule has 1 N–H and O–H groups in total. The quantitative estimate of drug-likeness (QED) is 0.707. The van der Waals surface area contributed by atoms with Crippen molar-refractivity contribution in [1.82, 2.24) is 9.88 Å². The van der Waals surface area contributed by atoms with Gasteiger partial charge in [0.05, 0.1) is 12.2 Å². The Balaban J connectivity index is 2.82. The fourth-order valence-corrected chi connectivity index (χ4v) is 1.67. The van der Waals surface area contributed by atoms with Gasteiger partial charge in [-0.1, -0.05) is 0 Å². The summed E-state index contributed by atoms with van der Waals surface area (Å²) in [6, 6.07) is 3.22. The highest BCUT2D eigenvalue weighted by atomic mass is 16.5. The van der Waals surface area contributed by atoms with Gasteiger partial charge in [0.15, 0.2) is 0 Å². The molecule has 0 aromatic carbocycles. The zero-order valence-corrected chi connectivity index (χ0v) is 12.6. The lowest BCUT2D eigenvalue weighted by atomic mass is 10.3. The first-order valence-corrected chi connectivity index (χ1v) is 6.68. The number of carboxylic acid groups (broad SMARTS) is 1. The van der Waals surface area contributed by atoms with Gasteiger partial charge in [0.25, 0.3) is 0 Å². The number of esters is 1. The number of pyridine rings is 1. The van der Waals surface area contributed by atoms with Crippen LogP contribution in [0, 0.1) is 0 Å². The molecule has 0 saturated heterocycles. The molecule has 1 aromatic rings. The SMILES string of the molecule is CCOC(=O)c1ccc(N(CCN(C)C)CC(=O)O)nc1. The standard InChI is InChI=1S/C14H21N3O4/c1-4-21-14(20)11-5-6-12(15-9-11)17(10-13(18)19)8-7-16(2)3/h5-6,9H,4,7-8,10H2,1-3H3,(H,18,19). The van der Waals surface area contributed by atoms with Crippen molar-refractivity contribution < 1.29 is 19.4 Å². The Hall–Kier alpha value is -2.15. The number of aliphatic carboxylic acids is 1. The summed E-state index contributed by atoms with van der Waals surface area (Å²) in [5.41, 5.74) is 0.350. The number of carboxylic acids is 1. The molecule has 0 aliphatic carbocycles. The number of aromatic nitrogens is 1. The van der Waals surface area contributed by atoms with Crippen LogP contribution in [0.2, 0.25) is 0 Å². The number of hydrogen-bond acceptors (Lipinski definition) is 6. The van der Waals surface area contributed by atoms with E-state index in [1.165, 1.54) is 6.20 Å². The van der Waals surface area contributed by atoms with E-state index in [0.717, 1.165) is 0 Å². The van der Waals surface area contributed by atoms with Crippen LogP contribution in [0.25, 0.3) is 0 Å². The molecule has 0 aliphatic rings. The molecule has 1 heterocycles. The van der Waals surface area contributed by atoms with Gasteiger partial charge >= 0.3 is 11.9 Å². The van der Waals surface area contributed by atoms with Crippen LogP contribution < -0.4 is 4.90 Å². The van der Waals surface area contributed by atoms with Crippen LogP contribution in [0.1, 0.15) is 17.3 Å². The highest BCUT2D eigenvalue weighted by Gasteiger charge is 2.14. The average molecular weight is 295 g/mol. The van der Waals surface area contributed by atoms with Gasteiger partial charge in [0.1, 0.15) is 12.4 Å². The van der Waals surface area contributed by atoms with E-state index in [4.69, 9.17) is 9.84 Å². The number of ether oxygens (including phenoxy) is 1. The average Bonchev–Trinajstić information content (AvgIpc) is 2.43. The highest BCUT2D eigenvalue weighted by Crippen LogP contribution is 2.12. The summed E-state index contributed by atoms with van der Waals surface area (Å²) >= 11 is 0. The minimum Gasteiger partial charge on any atom is -0.480 e. The van der Waals surface area contributed by atoms with Gasteiger partial charge < -0.3 is 19.6 Å². The summed E-state index contributed by atoms with van der Waals surface area (Å²) < 4.78 is 4.88. The van der Waals surface area contributed by atoms with Crippen molar-refractivity contribution in [3.63, 3.8) is 0 Å². The van der Waals surface area contributed by atoms with Crippen molar-refractivity contribution in [3.8, 4) is 0 Å². The van der Waals surface area contributed by atoms with Gasteiger partial charge in [-0.05, 0) is 33.2 Å². The van der Waals surface area contributed by atoms with Crippen LogP contribution in [-0.2, 0) is 9.53 Å². The maximum Gasteiger partial charge on any atom is 0.339 e. The summed E-state index contributed by atoms with van der Waals surface area (Å²) in [5.74, 6) is -0.841. The number of anilines is 1. The molecule has 0 amide bonds. The summed E-state index contributed by atoms with van der Waals surface area (Å²) in [7, 11) is 3.83. The Morgan fingerprint density at radius 1 is 1.29 bits per heavy atom. The lowest BCUT2D eigenvalue weighted by Crippen LogP contribution is -2.36. The van der Waals surface area contributed by atoms with E-state index < -0.39 is 11.9 Å². The Bertz CT molecular complexity index is 474. The van der Waals surface area contributed by atoms with E-state index in [-0.39, 0.29) is 6.54 Å². The summed E-state index contributed by atoms with van der Waals surface area (Å²) in [4.78, 5) is 30.2. The molecule has 1 rings (SSSR count). The monoisotopic (exact) mass is 295 g/mol. The molecule has 0 radical (unpaired) electrons. The number of likely N-dealkylation sites (N-methyl/N-ethyl adjacent to an activating group) is 1. The largest absolute Gasteiger partial charge is 0.480 e. The molecule has 1 aromatic heterocycles. The molecule has 0 fully saturated rings. The zero-order valence-electron chi connectivity index (χ0n) is 12.6. The van der Waals surface area contributed by atoms with Crippen LogP contribution in [0.3, 0.4) is 0 Å². The normalized spacial score (nSPS) is 10.5. The van der Waals surface area contributed by atoms with E-state index in [1.807, 2.05) is 19.0 Å².